The van der Waals surface area contributed by atoms with Crippen molar-refractivity contribution in [2.24, 2.45) is 10.6 Å². The van der Waals surface area contributed by atoms with Crippen molar-refractivity contribution in [3.63, 3.8) is 0 Å². The summed E-state index contributed by atoms with van der Waals surface area (Å²) in [4.78, 5) is 53.8. The number of carbonyl (C=O) groups is 4. The molecule has 3 atom stereocenters. The summed E-state index contributed by atoms with van der Waals surface area (Å²) in [6.07, 6.45) is 2.11. The number of ether oxygens (including phenoxy) is 1. The molecule has 2 fully saturated rings. The molecule has 35 heavy (non-hydrogen) atoms. The Morgan fingerprint density at radius 3 is 2.77 bits per heavy atom. The predicted octanol–water partition coefficient (Wildman–Crippen LogP) is -4.27. The molecule has 2 aliphatic rings. The van der Waals surface area contributed by atoms with Crippen LogP contribution in [0.5, 0.6) is 0 Å². The van der Waals surface area contributed by atoms with Crippen LogP contribution in [0.4, 0.5) is 9.93 Å². The van der Waals surface area contributed by atoms with Gasteiger partial charge in [0.1, 0.15) is 23.7 Å². The maximum atomic E-state index is 12.7. The SMILES string of the molecule is CC(C)NC(=O)OCC=CC1(C(=O)[O-])CS[C@@H]2C(NC(=O)C(=NO)c3csc(N)n3)C(=O)N2C1.[Na+]. The summed E-state index contributed by atoms with van der Waals surface area (Å²) in [5.74, 6) is -2.63. The first-order valence-electron chi connectivity index (χ1n) is 10.1. The van der Waals surface area contributed by atoms with Crippen LogP contribution < -0.4 is 51.0 Å². The number of carbonyl (C=O) groups excluding carboxylic acids is 4. The third-order valence-electron chi connectivity index (χ3n) is 5.03. The van der Waals surface area contributed by atoms with Crippen molar-refractivity contribution in [1.82, 2.24) is 20.5 Å². The molecule has 2 unspecified atom stereocenters. The van der Waals surface area contributed by atoms with Crippen molar-refractivity contribution in [1.29, 1.82) is 0 Å². The van der Waals surface area contributed by atoms with Gasteiger partial charge in [-0.3, -0.25) is 9.59 Å². The van der Waals surface area contributed by atoms with Crippen LogP contribution in [0.15, 0.2) is 22.7 Å². The molecule has 3 amide bonds. The van der Waals surface area contributed by atoms with Crippen molar-refractivity contribution in [3.05, 3.63) is 23.2 Å². The van der Waals surface area contributed by atoms with Gasteiger partial charge in [0.25, 0.3) is 5.91 Å². The minimum absolute atomic E-state index is 0. The molecule has 1 aromatic heterocycles. The number of amides is 3. The number of nitrogens with one attached hydrogen (secondary N) is 2. The number of aromatic nitrogens is 1. The number of aliphatic carboxylic acids is 1. The molecule has 184 valence electrons. The number of thioether (sulfide) groups is 1. The third-order valence-corrected chi connectivity index (χ3v) is 7.26. The number of hydrogen-bond acceptors (Lipinski definition) is 12. The smallest absolute Gasteiger partial charge is 0.549 e. The summed E-state index contributed by atoms with van der Waals surface area (Å²) in [6.45, 7) is 3.21. The van der Waals surface area contributed by atoms with E-state index in [0.29, 0.717) is 0 Å². The molecule has 2 aliphatic heterocycles. The molecule has 0 aromatic carbocycles. The molecule has 5 N–H and O–H groups in total. The number of alkyl carbamates (subject to hydrolysis) is 1. The topological polar surface area (TPSA) is 199 Å². The fourth-order valence-corrected chi connectivity index (χ4v) is 5.44. The van der Waals surface area contributed by atoms with Crippen LogP contribution in [-0.4, -0.2) is 81.0 Å². The van der Waals surface area contributed by atoms with Crippen LogP contribution in [0.3, 0.4) is 0 Å². The first-order valence-corrected chi connectivity index (χ1v) is 12.0. The monoisotopic (exact) mass is 534 g/mol. The maximum absolute atomic E-state index is 12.7. The Kier molecular flexibility index (Phi) is 9.97. The van der Waals surface area contributed by atoms with E-state index in [1.54, 1.807) is 13.8 Å². The van der Waals surface area contributed by atoms with Crippen LogP contribution in [-0.2, 0) is 19.1 Å². The second-order valence-corrected chi connectivity index (χ2v) is 9.88. The maximum Gasteiger partial charge on any atom is 1.00 e. The Morgan fingerprint density at radius 2 is 2.20 bits per heavy atom. The average Bonchev–Trinajstić information content (AvgIpc) is 3.20. The Bertz CT molecular complexity index is 1050. The van der Waals surface area contributed by atoms with Gasteiger partial charge in [0, 0.05) is 23.7 Å². The number of β-lactam (4-membered cyclic amide) rings is 1. The summed E-state index contributed by atoms with van der Waals surface area (Å²) in [7, 11) is 0. The van der Waals surface area contributed by atoms with Gasteiger partial charge >= 0.3 is 35.7 Å². The minimum Gasteiger partial charge on any atom is -0.549 e. The molecular weight excluding hydrogens is 511 g/mol. The number of carboxylic acids is 1. The Labute approximate surface area is 230 Å². The number of nitrogens with zero attached hydrogens (tertiary/aromatic N) is 3. The summed E-state index contributed by atoms with van der Waals surface area (Å²) < 4.78 is 4.95. The van der Waals surface area contributed by atoms with Gasteiger partial charge in [0.2, 0.25) is 5.91 Å². The minimum atomic E-state index is -1.49. The summed E-state index contributed by atoms with van der Waals surface area (Å²) in [5.41, 5.74) is 3.72. The van der Waals surface area contributed by atoms with Crippen molar-refractivity contribution in [3.8, 4) is 0 Å². The van der Waals surface area contributed by atoms with Gasteiger partial charge in [-0.1, -0.05) is 17.3 Å². The predicted molar refractivity (Wildman–Crippen MR) is 121 cm³/mol. The molecule has 1 aromatic rings. The summed E-state index contributed by atoms with van der Waals surface area (Å²) in [6, 6.07) is -1.04. The van der Waals surface area contributed by atoms with Crippen LogP contribution >= 0.6 is 23.1 Å². The van der Waals surface area contributed by atoms with Crippen molar-refractivity contribution >= 4 is 57.8 Å². The number of anilines is 1. The van der Waals surface area contributed by atoms with E-state index in [4.69, 9.17) is 10.5 Å². The zero-order valence-corrected chi connectivity index (χ0v) is 22.9. The van der Waals surface area contributed by atoms with Gasteiger partial charge in [0.15, 0.2) is 10.8 Å². The van der Waals surface area contributed by atoms with E-state index in [1.807, 2.05) is 0 Å². The standard InChI is InChI=1S/C19H24N6O7S2.Na/c1-9(2)21-18(30)32-5-3-4-19(16(28)29)7-25-14(27)12(15(25)34-8-19)23-13(26)11(24-31)10-6-33-17(20)22-10;/h3-4,6,9,12,15,31H,5,7-8H2,1-2H3,(H2,20,22)(H,21,30)(H,23,26)(H,28,29);/q;+1/p-1/t12?,15-,19?;/m1./s1. The molecule has 0 spiro atoms. The molecule has 3 rings (SSSR count). The molecule has 0 saturated carbocycles. The Morgan fingerprint density at radius 1 is 1.49 bits per heavy atom. The van der Waals surface area contributed by atoms with E-state index in [2.05, 4.69) is 20.8 Å². The molecule has 13 nitrogen and oxygen atoms in total. The van der Waals surface area contributed by atoms with Crippen LogP contribution in [0.1, 0.15) is 19.5 Å². The molecule has 0 bridgehead atoms. The third kappa shape index (κ3) is 6.46. The Hall–Kier alpha value is -2.33. The van der Waals surface area contributed by atoms with Crippen molar-refractivity contribution in [2.45, 2.75) is 31.3 Å². The van der Waals surface area contributed by atoms with Gasteiger partial charge in [-0.2, -0.15) is 0 Å². The second kappa shape index (κ2) is 12.1. The fourth-order valence-electron chi connectivity index (χ4n) is 3.38. The zero-order valence-electron chi connectivity index (χ0n) is 19.2. The number of rotatable bonds is 8. The number of nitrogens with two attached hydrogens (primary N) is 1. The zero-order chi connectivity index (χ0) is 25.0. The second-order valence-electron chi connectivity index (χ2n) is 7.88. The van der Waals surface area contributed by atoms with Gasteiger partial charge < -0.3 is 41.1 Å². The van der Waals surface area contributed by atoms with E-state index in [9.17, 15) is 29.5 Å². The number of oxime groups is 1. The van der Waals surface area contributed by atoms with Crippen molar-refractivity contribution < 1.29 is 63.8 Å². The number of carboxylic acid groups (broad SMARTS) is 1. The van der Waals surface area contributed by atoms with E-state index < -0.39 is 46.4 Å². The van der Waals surface area contributed by atoms with Gasteiger partial charge in [0.05, 0.1) is 11.4 Å². The molecule has 2 saturated heterocycles. The van der Waals surface area contributed by atoms with Crippen LogP contribution in [0, 0.1) is 5.41 Å². The largest absolute Gasteiger partial charge is 1.00 e. The molecule has 0 aliphatic carbocycles. The van der Waals surface area contributed by atoms with E-state index in [0.717, 1.165) is 23.1 Å². The van der Waals surface area contributed by atoms with Gasteiger partial charge in [-0.05, 0) is 13.8 Å². The first-order chi connectivity index (χ1) is 16.1. The van der Waals surface area contributed by atoms with Gasteiger partial charge in [-0.15, -0.1) is 23.1 Å². The summed E-state index contributed by atoms with van der Waals surface area (Å²) >= 11 is 2.21. The Balaban J connectivity index is 0.00000432. The fraction of sp³-hybridized carbons (Fsp3) is 0.474. The van der Waals surface area contributed by atoms with E-state index in [1.165, 1.54) is 22.4 Å². The molecule has 0 radical (unpaired) electrons. The van der Waals surface area contributed by atoms with E-state index >= 15 is 0 Å². The summed E-state index contributed by atoms with van der Waals surface area (Å²) in [5, 5.41) is 30.2. The number of hydrogen-bond donors (Lipinski definition) is 4. The quantitative estimate of drug-likeness (QED) is 0.0632. The average molecular weight is 535 g/mol. The van der Waals surface area contributed by atoms with E-state index in [-0.39, 0.29) is 65.3 Å². The number of nitrogen functional groups attached to an aromatic ring is 1. The molecular formula is C19H23N6NaO7S2. The number of fused-ring (bicyclic) bond motifs is 1. The normalized spacial score (nSPS) is 23.8. The first kappa shape index (κ1) is 28.9. The van der Waals surface area contributed by atoms with Crippen molar-refractivity contribution in [2.75, 3.05) is 24.6 Å². The van der Waals surface area contributed by atoms with Gasteiger partial charge in [-0.25, -0.2) is 9.78 Å². The molecule has 16 heteroatoms. The van der Waals surface area contributed by atoms with Crippen LogP contribution in [0.2, 0.25) is 0 Å². The number of thiazole rings is 1. The van der Waals surface area contributed by atoms with Crippen LogP contribution in [0.25, 0.3) is 0 Å². The molecule has 3 heterocycles.